The van der Waals surface area contributed by atoms with Gasteiger partial charge in [0.25, 0.3) is 0 Å². The van der Waals surface area contributed by atoms with Gasteiger partial charge in [0.2, 0.25) is 10.0 Å². The number of nitrogens with one attached hydrogen (secondary N) is 2. The standard InChI is InChI=1S/C28H28F2N6O2S/c1-27(2)17-11-12-28(27,26-16(17)13-22(36(3)34-26)25-18(29)7-5-8-19(25)30)23-15-31-14-21(32-23)20-9-6-10-24(33-20)35-39(4,37)38/h5-10,13-15,17,34H,11-12H2,1-4H3,(H,33,35)/t17-,28-/m0/s1. The van der Waals surface area contributed by atoms with Crippen LogP contribution in [-0.4, -0.2) is 41.7 Å². The van der Waals surface area contributed by atoms with Crippen LogP contribution in [-0.2, 0) is 15.4 Å². The van der Waals surface area contributed by atoms with Gasteiger partial charge in [-0.05, 0) is 60.1 Å². The van der Waals surface area contributed by atoms with Crippen LogP contribution in [0.2, 0.25) is 0 Å². The van der Waals surface area contributed by atoms with Gasteiger partial charge in [-0.15, -0.1) is 0 Å². The van der Waals surface area contributed by atoms with E-state index < -0.39 is 27.1 Å². The van der Waals surface area contributed by atoms with Crippen molar-refractivity contribution in [2.24, 2.45) is 11.3 Å². The molecular formula is C28H28F2N6O2S. The number of sulfonamides is 1. The third-order valence-electron chi connectivity index (χ3n) is 8.40. The van der Waals surface area contributed by atoms with E-state index in [0.29, 0.717) is 17.1 Å². The monoisotopic (exact) mass is 550 g/mol. The molecule has 1 aliphatic heterocycles. The molecule has 0 radical (unpaired) electrons. The van der Waals surface area contributed by atoms with Gasteiger partial charge in [0.1, 0.15) is 23.1 Å². The van der Waals surface area contributed by atoms with E-state index in [0.717, 1.165) is 36.1 Å². The molecule has 11 heteroatoms. The summed E-state index contributed by atoms with van der Waals surface area (Å²) < 4.78 is 55.3. The van der Waals surface area contributed by atoms with Crippen LogP contribution in [0.4, 0.5) is 14.6 Å². The van der Waals surface area contributed by atoms with Gasteiger partial charge in [0.05, 0.1) is 40.5 Å². The maximum atomic E-state index is 14.7. The first-order valence-corrected chi connectivity index (χ1v) is 14.5. The second-order valence-corrected chi connectivity index (χ2v) is 12.7. The number of anilines is 1. The summed E-state index contributed by atoms with van der Waals surface area (Å²) in [5.74, 6) is -0.894. The highest BCUT2D eigenvalue weighted by atomic mass is 32.2. The zero-order chi connectivity index (χ0) is 27.7. The largest absolute Gasteiger partial charge is 0.301 e. The molecule has 0 unspecified atom stereocenters. The van der Waals surface area contributed by atoms with Gasteiger partial charge in [0.15, 0.2) is 0 Å². The molecule has 3 aromatic rings. The number of aromatic nitrogens is 3. The minimum atomic E-state index is -3.49. The Labute approximate surface area is 225 Å². The van der Waals surface area contributed by atoms with Gasteiger partial charge in [-0.3, -0.25) is 14.7 Å². The molecule has 3 aliphatic rings. The summed E-state index contributed by atoms with van der Waals surface area (Å²) in [6.45, 7) is 4.40. The Morgan fingerprint density at radius 2 is 1.77 bits per heavy atom. The van der Waals surface area contributed by atoms with Crippen molar-refractivity contribution in [1.82, 2.24) is 25.4 Å². The Hall–Kier alpha value is -3.86. The molecular weight excluding hydrogens is 522 g/mol. The highest BCUT2D eigenvalue weighted by molar-refractivity contribution is 7.92. The minimum absolute atomic E-state index is 0.0656. The molecule has 39 heavy (non-hydrogen) atoms. The average molecular weight is 551 g/mol. The third kappa shape index (κ3) is 3.82. The Balaban J connectivity index is 1.47. The number of hydrogen-bond donors (Lipinski definition) is 2. The van der Waals surface area contributed by atoms with E-state index in [9.17, 15) is 17.2 Å². The van der Waals surface area contributed by atoms with Crippen molar-refractivity contribution in [2.75, 3.05) is 18.0 Å². The lowest BCUT2D eigenvalue weighted by Crippen LogP contribution is -2.47. The number of halogens is 2. The van der Waals surface area contributed by atoms with Crippen LogP contribution in [0, 0.1) is 23.0 Å². The lowest BCUT2D eigenvalue weighted by molar-refractivity contribution is 0.205. The Kier molecular flexibility index (Phi) is 5.59. The van der Waals surface area contributed by atoms with Crippen LogP contribution in [0.3, 0.4) is 0 Å². The van der Waals surface area contributed by atoms with E-state index in [2.05, 4.69) is 34.0 Å². The molecule has 202 valence electrons. The van der Waals surface area contributed by atoms with E-state index in [4.69, 9.17) is 4.98 Å². The SMILES string of the molecule is CN1NC2=C(C=C1c1c(F)cccc1F)[C@@H]1CC[C@@]2(c2cncc(-c3cccc(NS(C)(=O)=O)n3)n2)C1(C)C. The molecule has 0 amide bonds. The minimum Gasteiger partial charge on any atom is -0.301 e. The van der Waals surface area contributed by atoms with Crippen LogP contribution >= 0.6 is 0 Å². The Morgan fingerprint density at radius 1 is 1.05 bits per heavy atom. The molecule has 8 nitrogen and oxygen atoms in total. The number of rotatable bonds is 5. The fourth-order valence-corrected chi connectivity index (χ4v) is 7.14. The second kappa shape index (κ2) is 8.57. The first kappa shape index (κ1) is 25.4. The highest BCUT2D eigenvalue weighted by Crippen LogP contribution is 2.68. The van der Waals surface area contributed by atoms with Gasteiger partial charge in [-0.1, -0.05) is 26.0 Å². The Morgan fingerprint density at radius 3 is 2.49 bits per heavy atom. The molecule has 6 rings (SSSR count). The predicted octanol–water partition coefficient (Wildman–Crippen LogP) is 4.62. The maximum Gasteiger partial charge on any atom is 0.230 e. The second-order valence-electron chi connectivity index (χ2n) is 10.9. The number of allylic oxidation sites excluding steroid dienone is 3. The van der Waals surface area contributed by atoms with Crippen molar-refractivity contribution < 1.29 is 17.2 Å². The van der Waals surface area contributed by atoms with Crippen LogP contribution in [0.15, 0.2) is 66.1 Å². The average Bonchev–Trinajstić information content (AvgIpc) is 3.24. The molecule has 1 fully saturated rings. The lowest BCUT2D eigenvalue weighted by atomic mass is 9.66. The van der Waals surface area contributed by atoms with E-state index in [1.54, 1.807) is 42.6 Å². The molecule has 0 spiro atoms. The molecule has 1 aromatic carbocycles. The highest BCUT2D eigenvalue weighted by Gasteiger charge is 2.65. The van der Waals surface area contributed by atoms with Crippen molar-refractivity contribution in [3.8, 4) is 11.4 Å². The molecule has 1 saturated carbocycles. The third-order valence-corrected chi connectivity index (χ3v) is 8.98. The van der Waals surface area contributed by atoms with E-state index in [-0.39, 0.29) is 22.7 Å². The first-order chi connectivity index (χ1) is 18.4. The molecule has 2 bridgehead atoms. The number of hydrogen-bond acceptors (Lipinski definition) is 7. The van der Waals surface area contributed by atoms with Gasteiger partial charge >= 0.3 is 0 Å². The topological polar surface area (TPSA) is 100 Å². The van der Waals surface area contributed by atoms with Crippen LogP contribution in [0.5, 0.6) is 0 Å². The number of nitrogens with zero attached hydrogens (tertiary/aromatic N) is 4. The van der Waals surface area contributed by atoms with Gasteiger partial charge in [0, 0.05) is 18.9 Å². The van der Waals surface area contributed by atoms with E-state index in [1.807, 2.05) is 6.08 Å². The quantitative estimate of drug-likeness (QED) is 0.478. The summed E-state index contributed by atoms with van der Waals surface area (Å²) in [7, 11) is -1.74. The fraction of sp³-hybridized carbons (Fsp3) is 0.321. The summed E-state index contributed by atoms with van der Waals surface area (Å²) in [6, 6.07) is 8.92. The van der Waals surface area contributed by atoms with Crippen molar-refractivity contribution in [3.05, 3.63) is 89.0 Å². The fourth-order valence-electron chi connectivity index (χ4n) is 6.65. The summed E-state index contributed by atoms with van der Waals surface area (Å²) in [6.07, 6.45) is 8.05. The molecule has 2 aliphatic carbocycles. The van der Waals surface area contributed by atoms with Crippen molar-refractivity contribution in [3.63, 3.8) is 0 Å². The predicted molar refractivity (Wildman–Crippen MR) is 144 cm³/mol. The summed E-state index contributed by atoms with van der Waals surface area (Å²) >= 11 is 0. The van der Waals surface area contributed by atoms with Crippen LogP contribution in [0.1, 0.15) is 37.9 Å². The number of benzene rings is 1. The maximum absolute atomic E-state index is 14.7. The van der Waals surface area contributed by atoms with Crippen LogP contribution < -0.4 is 10.1 Å². The van der Waals surface area contributed by atoms with Gasteiger partial charge in [-0.25, -0.2) is 27.2 Å². The number of fused-ring (bicyclic) bond motifs is 4. The summed E-state index contributed by atoms with van der Waals surface area (Å²) in [5.41, 5.74) is 6.76. The summed E-state index contributed by atoms with van der Waals surface area (Å²) in [4.78, 5) is 14.0. The lowest BCUT2D eigenvalue weighted by Gasteiger charge is -2.42. The van der Waals surface area contributed by atoms with E-state index >= 15 is 0 Å². The van der Waals surface area contributed by atoms with Crippen LogP contribution in [0.25, 0.3) is 17.1 Å². The van der Waals surface area contributed by atoms with Crippen molar-refractivity contribution >= 4 is 21.5 Å². The van der Waals surface area contributed by atoms with E-state index in [1.165, 1.54) is 18.2 Å². The Bertz CT molecular complexity index is 1670. The molecule has 3 heterocycles. The first-order valence-electron chi connectivity index (χ1n) is 12.6. The smallest absolute Gasteiger partial charge is 0.230 e. The molecule has 2 atom stereocenters. The molecule has 0 saturated heterocycles. The van der Waals surface area contributed by atoms with Gasteiger partial charge < -0.3 is 5.43 Å². The summed E-state index contributed by atoms with van der Waals surface area (Å²) in [5, 5.41) is 1.66. The van der Waals surface area contributed by atoms with Crippen molar-refractivity contribution in [1.29, 1.82) is 0 Å². The normalized spacial score (nSPS) is 23.4. The zero-order valence-electron chi connectivity index (χ0n) is 22.0. The number of pyridine rings is 1. The molecule has 2 N–H and O–H groups in total. The molecule has 2 aromatic heterocycles. The number of hydrazine groups is 1. The van der Waals surface area contributed by atoms with Crippen molar-refractivity contribution in [2.45, 2.75) is 32.1 Å². The van der Waals surface area contributed by atoms with Gasteiger partial charge in [-0.2, -0.15) is 0 Å². The zero-order valence-corrected chi connectivity index (χ0v) is 22.8.